The molecule has 0 spiro atoms. The number of nitrogens with one attached hydrogen (secondary N) is 1. The molecule has 8 nitrogen and oxygen atoms in total. The first-order chi connectivity index (χ1) is 17.0. The standard InChI is InChI=1S/C25H33Cl2N3O5S/c1-5-28-25(32)18(3)29(17-19-9-14-22(26)23(27)16-19)24(31)8-7-15-30(36(4,33)34)20-10-12-21(13-11-20)35-6-2/h9-14,16,18H,5-8,15,17H2,1-4H3,(H,28,32)/t18-/m0/s1. The van der Waals surface area contributed by atoms with Gasteiger partial charge < -0.3 is 15.0 Å². The molecule has 2 rings (SSSR count). The van der Waals surface area contributed by atoms with Gasteiger partial charge in [-0.1, -0.05) is 29.3 Å². The van der Waals surface area contributed by atoms with Crippen LogP contribution >= 0.6 is 23.2 Å². The predicted molar refractivity (Wildman–Crippen MR) is 144 cm³/mol. The molecule has 0 saturated heterocycles. The zero-order valence-electron chi connectivity index (χ0n) is 21.0. The molecule has 0 bridgehead atoms. The maximum atomic E-state index is 13.2. The second-order valence-electron chi connectivity index (χ2n) is 8.21. The fourth-order valence-electron chi connectivity index (χ4n) is 3.62. The summed E-state index contributed by atoms with van der Waals surface area (Å²) in [5.74, 6) is 0.0835. The SMILES string of the molecule is CCNC(=O)[C@H](C)N(Cc1ccc(Cl)c(Cl)c1)C(=O)CCCN(c1ccc(OCC)cc1)S(C)(=O)=O. The van der Waals surface area contributed by atoms with Crippen molar-refractivity contribution in [2.75, 3.05) is 30.3 Å². The fraction of sp³-hybridized carbons (Fsp3) is 0.440. The summed E-state index contributed by atoms with van der Waals surface area (Å²) in [7, 11) is -3.58. The molecule has 0 aliphatic carbocycles. The largest absolute Gasteiger partial charge is 0.494 e. The lowest BCUT2D eigenvalue weighted by atomic mass is 10.1. The van der Waals surface area contributed by atoms with Gasteiger partial charge in [0.15, 0.2) is 0 Å². The summed E-state index contributed by atoms with van der Waals surface area (Å²) in [5.41, 5.74) is 1.21. The summed E-state index contributed by atoms with van der Waals surface area (Å²) in [6.45, 7) is 6.52. The van der Waals surface area contributed by atoms with E-state index in [-0.39, 0.29) is 37.7 Å². The monoisotopic (exact) mass is 557 g/mol. The number of amides is 2. The molecule has 2 amide bonds. The number of nitrogens with zero attached hydrogens (tertiary/aromatic N) is 2. The van der Waals surface area contributed by atoms with E-state index in [1.807, 2.05) is 6.92 Å². The van der Waals surface area contributed by atoms with E-state index < -0.39 is 16.1 Å². The number of likely N-dealkylation sites (N-methyl/N-ethyl adjacent to an activating group) is 1. The van der Waals surface area contributed by atoms with Crippen LogP contribution in [0.1, 0.15) is 39.2 Å². The highest BCUT2D eigenvalue weighted by molar-refractivity contribution is 7.92. The van der Waals surface area contributed by atoms with Crippen LogP contribution < -0.4 is 14.4 Å². The zero-order chi connectivity index (χ0) is 26.9. The number of hydrogen-bond acceptors (Lipinski definition) is 5. The van der Waals surface area contributed by atoms with Crippen LogP contribution in [0.4, 0.5) is 5.69 Å². The van der Waals surface area contributed by atoms with Crippen molar-refractivity contribution in [3.63, 3.8) is 0 Å². The van der Waals surface area contributed by atoms with E-state index in [9.17, 15) is 18.0 Å². The minimum Gasteiger partial charge on any atom is -0.494 e. The van der Waals surface area contributed by atoms with Gasteiger partial charge in [0.05, 0.1) is 28.6 Å². The predicted octanol–water partition coefficient (Wildman–Crippen LogP) is 4.49. The first-order valence-electron chi connectivity index (χ1n) is 11.7. The highest BCUT2D eigenvalue weighted by Crippen LogP contribution is 2.25. The molecule has 0 unspecified atom stereocenters. The summed E-state index contributed by atoms with van der Waals surface area (Å²) >= 11 is 12.1. The Morgan fingerprint density at radius 3 is 2.28 bits per heavy atom. The Morgan fingerprint density at radius 1 is 1.06 bits per heavy atom. The second-order valence-corrected chi connectivity index (χ2v) is 10.9. The summed E-state index contributed by atoms with van der Waals surface area (Å²) in [4.78, 5) is 27.2. The highest BCUT2D eigenvalue weighted by atomic mass is 35.5. The van der Waals surface area contributed by atoms with Crippen molar-refractivity contribution in [3.8, 4) is 5.75 Å². The molecule has 2 aromatic carbocycles. The number of carbonyl (C=O) groups is 2. The first-order valence-corrected chi connectivity index (χ1v) is 14.3. The van der Waals surface area contributed by atoms with E-state index in [4.69, 9.17) is 27.9 Å². The van der Waals surface area contributed by atoms with Crippen LogP contribution in [0, 0.1) is 0 Å². The minimum absolute atomic E-state index is 0.0497. The Hall–Kier alpha value is -2.49. The van der Waals surface area contributed by atoms with E-state index in [1.165, 1.54) is 9.21 Å². The van der Waals surface area contributed by atoms with E-state index in [0.717, 1.165) is 11.8 Å². The van der Waals surface area contributed by atoms with Crippen LogP contribution in [-0.2, 0) is 26.2 Å². The maximum Gasteiger partial charge on any atom is 0.242 e. The number of benzene rings is 2. The van der Waals surface area contributed by atoms with Gasteiger partial charge >= 0.3 is 0 Å². The van der Waals surface area contributed by atoms with Gasteiger partial charge in [0, 0.05) is 26.1 Å². The van der Waals surface area contributed by atoms with Crippen LogP contribution in [0.5, 0.6) is 5.75 Å². The minimum atomic E-state index is -3.58. The number of rotatable bonds is 13. The summed E-state index contributed by atoms with van der Waals surface area (Å²) in [6, 6.07) is 11.1. The van der Waals surface area contributed by atoms with Crippen LogP contribution in [0.25, 0.3) is 0 Å². The summed E-state index contributed by atoms with van der Waals surface area (Å²) in [5, 5.41) is 3.49. The third-order valence-corrected chi connectivity index (χ3v) is 7.38. The second kappa shape index (κ2) is 13.7. The van der Waals surface area contributed by atoms with Crippen LogP contribution in [0.3, 0.4) is 0 Å². The molecule has 0 saturated carbocycles. The third kappa shape index (κ3) is 8.57. The number of sulfonamides is 1. The molecule has 0 radical (unpaired) electrons. The van der Waals surface area contributed by atoms with Crippen LogP contribution in [-0.4, -0.2) is 57.1 Å². The lowest BCUT2D eigenvalue weighted by Crippen LogP contribution is -2.47. The number of ether oxygens (including phenoxy) is 1. The normalized spacial score (nSPS) is 12.1. The lowest BCUT2D eigenvalue weighted by Gasteiger charge is -2.29. The van der Waals surface area contributed by atoms with Gasteiger partial charge in [-0.3, -0.25) is 13.9 Å². The molecule has 2 aromatic rings. The Labute approximate surface area is 223 Å². The van der Waals surface area contributed by atoms with Crippen molar-refractivity contribution in [1.29, 1.82) is 0 Å². The maximum absolute atomic E-state index is 13.2. The van der Waals surface area contributed by atoms with Crippen molar-refractivity contribution in [1.82, 2.24) is 10.2 Å². The molecular formula is C25H33Cl2N3O5S. The van der Waals surface area contributed by atoms with Crippen molar-refractivity contribution in [3.05, 3.63) is 58.1 Å². The molecule has 1 N–H and O–H groups in total. The van der Waals surface area contributed by atoms with Crippen molar-refractivity contribution in [2.24, 2.45) is 0 Å². The van der Waals surface area contributed by atoms with Gasteiger partial charge in [0.1, 0.15) is 11.8 Å². The zero-order valence-corrected chi connectivity index (χ0v) is 23.3. The average molecular weight is 559 g/mol. The summed E-state index contributed by atoms with van der Waals surface area (Å²) in [6.07, 6.45) is 1.44. The molecule has 0 heterocycles. The number of carbonyl (C=O) groups excluding carboxylic acids is 2. The Balaban J connectivity index is 2.16. The molecule has 0 aromatic heterocycles. The average Bonchev–Trinajstić information content (AvgIpc) is 2.82. The number of halogens is 2. The highest BCUT2D eigenvalue weighted by Gasteiger charge is 2.26. The molecule has 0 fully saturated rings. The fourth-order valence-corrected chi connectivity index (χ4v) is 4.90. The van der Waals surface area contributed by atoms with Gasteiger partial charge in [0.2, 0.25) is 21.8 Å². The topological polar surface area (TPSA) is 96.0 Å². The molecule has 11 heteroatoms. The molecule has 0 aliphatic rings. The van der Waals surface area contributed by atoms with Crippen molar-refractivity contribution < 1.29 is 22.7 Å². The Bertz CT molecular complexity index is 1140. The quantitative estimate of drug-likeness (QED) is 0.391. The molecule has 0 aliphatic heterocycles. The van der Waals surface area contributed by atoms with Gasteiger partial charge in [-0.05, 0) is 69.2 Å². The molecule has 198 valence electrons. The Kier molecular flexibility index (Phi) is 11.3. The number of anilines is 1. The van der Waals surface area contributed by atoms with Gasteiger partial charge in [-0.25, -0.2) is 8.42 Å². The van der Waals surface area contributed by atoms with Gasteiger partial charge in [-0.2, -0.15) is 0 Å². The van der Waals surface area contributed by atoms with Gasteiger partial charge in [0.25, 0.3) is 0 Å². The van der Waals surface area contributed by atoms with E-state index in [1.54, 1.807) is 56.3 Å². The van der Waals surface area contributed by atoms with E-state index in [2.05, 4.69) is 5.32 Å². The molecule has 36 heavy (non-hydrogen) atoms. The van der Waals surface area contributed by atoms with E-state index >= 15 is 0 Å². The van der Waals surface area contributed by atoms with Crippen molar-refractivity contribution in [2.45, 2.75) is 46.2 Å². The third-order valence-electron chi connectivity index (χ3n) is 5.44. The van der Waals surface area contributed by atoms with Crippen molar-refractivity contribution >= 4 is 50.7 Å². The van der Waals surface area contributed by atoms with Gasteiger partial charge in [-0.15, -0.1) is 0 Å². The smallest absolute Gasteiger partial charge is 0.242 e. The molecule has 1 atom stereocenters. The molecular weight excluding hydrogens is 525 g/mol. The summed E-state index contributed by atoms with van der Waals surface area (Å²) < 4.78 is 31.6. The van der Waals surface area contributed by atoms with E-state index in [0.29, 0.717) is 34.6 Å². The first kappa shape index (κ1) is 29.7. The van der Waals surface area contributed by atoms with Crippen LogP contribution in [0.2, 0.25) is 10.0 Å². The lowest BCUT2D eigenvalue weighted by molar-refractivity contribution is -0.140. The van der Waals surface area contributed by atoms with Crippen LogP contribution in [0.15, 0.2) is 42.5 Å². The Morgan fingerprint density at radius 2 is 1.72 bits per heavy atom. The number of hydrogen-bond donors (Lipinski definition) is 1.